The largest absolute Gasteiger partial charge is 0.488 e. The van der Waals surface area contributed by atoms with Gasteiger partial charge in [-0.3, -0.25) is 29.3 Å². The molecule has 2 aromatic carbocycles. The van der Waals surface area contributed by atoms with Gasteiger partial charge in [0.05, 0.1) is 38.9 Å². The van der Waals surface area contributed by atoms with Gasteiger partial charge in [0.25, 0.3) is 5.69 Å². The zero-order valence-electron chi connectivity index (χ0n) is 19.3. The third-order valence-corrected chi connectivity index (χ3v) is 4.95. The van der Waals surface area contributed by atoms with Crippen molar-refractivity contribution >= 4 is 29.6 Å². The normalized spacial score (nSPS) is 10.5. The molecule has 0 heterocycles. The van der Waals surface area contributed by atoms with E-state index in [2.05, 4.69) is 18.9 Å². The van der Waals surface area contributed by atoms with Crippen LogP contribution in [0.25, 0.3) is 0 Å². The summed E-state index contributed by atoms with van der Waals surface area (Å²) in [4.78, 5) is 60.8. The van der Waals surface area contributed by atoms with Crippen molar-refractivity contribution in [3.63, 3.8) is 0 Å². The van der Waals surface area contributed by atoms with Gasteiger partial charge in [0.15, 0.2) is 11.8 Å². The number of nitro benzene ring substituents is 1. The number of ether oxygens (including phenoxy) is 5. The van der Waals surface area contributed by atoms with E-state index in [-0.39, 0.29) is 17.9 Å². The van der Waals surface area contributed by atoms with Crippen LogP contribution in [-0.4, -0.2) is 57.2 Å². The molecule has 0 spiro atoms. The Morgan fingerprint density at radius 1 is 0.800 bits per heavy atom. The van der Waals surface area contributed by atoms with Crippen molar-refractivity contribution in [2.75, 3.05) is 28.4 Å². The van der Waals surface area contributed by atoms with Crippen molar-refractivity contribution < 1.29 is 47.8 Å². The first-order valence-electron chi connectivity index (χ1n) is 10.00. The molecule has 35 heavy (non-hydrogen) atoms. The molecule has 0 N–H and O–H groups in total. The molecular formula is C23H23NO11. The van der Waals surface area contributed by atoms with Crippen molar-refractivity contribution in [1.29, 1.82) is 0 Å². The predicted molar refractivity (Wildman–Crippen MR) is 117 cm³/mol. The second-order valence-corrected chi connectivity index (χ2v) is 6.94. The number of hydrogen-bond donors (Lipinski definition) is 0. The molecule has 0 unspecified atom stereocenters. The first-order chi connectivity index (χ1) is 16.7. The Labute approximate surface area is 199 Å². The number of nitro groups is 1. The summed E-state index contributed by atoms with van der Waals surface area (Å²) < 4.78 is 24.4. The molecule has 0 aromatic heterocycles. The maximum Gasteiger partial charge on any atom is 0.325 e. The Morgan fingerprint density at radius 2 is 1.29 bits per heavy atom. The van der Waals surface area contributed by atoms with E-state index in [0.717, 1.165) is 40.6 Å². The third-order valence-electron chi connectivity index (χ3n) is 4.95. The molecule has 0 aliphatic rings. The molecular weight excluding hydrogens is 466 g/mol. The van der Waals surface area contributed by atoms with Crippen LogP contribution < -0.4 is 4.74 Å². The average molecular weight is 489 g/mol. The monoisotopic (exact) mass is 489 g/mol. The van der Waals surface area contributed by atoms with Crippen LogP contribution in [-0.2, 0) is 44.7 Å². The number of benzene rings is 2. The number of carbonyl (C=O) groups excluding carboxylic acids is 4. The fourth-order valence-corrected chi connectivity index (χ4v) is 3.27. The molecule has 0 bridgehead atoms. The number of esters is 4. The van der Waals surface area contributed by atoms with Crippen LogP contribution in [0.4, 0.5) is 5.69 Å². The maximum absolute atomic E-state index is 12.5. The Balaban J connectivity index is 2.84. The van der Waals surface area contributed by atoms with E-state index in [0.29, 0.717) is 5.56 Å². The molecule has 12 nitrogen and oxygen atoms in total. The Kier molecular flexibility index (Phi) is 9.27. The summed E-state index contributed by atoms with van der Waals surface area (Å²) in [5, 5.41) is 12.0. The van der Waals surface area contributed by atoms with Crippen LogP contribution in [0.1, 0.15) is 28.5 Å². The van der Waals surface area contributed by atoms with E-state index in [4.69, 9.17) is 4.74 Å². The fourth-order valence-electron chi connectivity index (χ4n) is 3.27. The number of rotatable bonds is 10. The van der Waals surface area contributed by atoms with Gasteiger partial charge in [0, 0.05) is 6.07 Å². The third kappa shape index (κ3) is 6.10. The van der Waals surface area contributed by atoms with Crippen LogP contribution in [0.3, 0.4) is 0 Å². The SMILES string of the molecule is COC(=O)C(C(=O)OC)c1cc(OCc2ccccc2)c(C(C(=O)OC)C(=O)OC)c([N+](=O)[O-])c1. The van der Waals surface area contributed by atoms with Gasteiger partial charge in [-0.1, -0.05) is 30.3 Å². The summed E-state index contributed by atoms with van der Waals surface area (Å²) in [5.74, 6) is -8.30. The van der Waals surface area contributed by atoms with E-state index < -0.39 is 51.9 Å². The number of carbonyl (C=O) groups is 4. The molecule has 0 amide bonds. The van der Waals surface area contributed by atoms with Crippen molar-refractivity contribution in [1.82, 2.24) is 0 Å². The molecule has 0 saturated heterocycles. The summed E-state index contributed by atoms with van der Waals surface area (Å²) in [6.07, 6.45) is 0. The maximum atomic E-state index is 12.5. The molecule has 2 rings (SSSR count). The van der Waals surface area contributed by atoms with E-state index in [1.165, 1.54) is 0 Å². The van der Waals surface area contributed by atoms with Gasteiger partial charge < -0.3 is 23.7 Å². The standard InChI is InChI=1S/C23H23NO11/c1-31-20(25)17(21(26)32-2)14-10-15(24(29)30)18(19(22(27)33-3)23(28)34-4)16(11-14)35-12-13-8-6-5-7-9-13/h5-11,17,19H,12H2,1-4H3. The fraction of sp³-hybridized carbons (Fsp3) is 0.304. The molecule has 0 aliphatic heterocycles. The summed E-state index contributed by atoms with van der Waals surface area (Å²) in [6.45, 7) is -0.134. The Hall–Kier alpha value is -4.48. The highest BCUT2D eigenvalue weighted by Crippen LogP contribution is 2.40. The highest BCUT2D eigenvalue weighted by molar-refractivity contribution is 6.03. The van der Waals surface area contributed by atoms with Crippen LogP contribution in [0.2, 0.25) is 0 Å². The lowest BCUT2D eigenvalue weighted by Gasteiger charge is -2.20. The lowest BCUT2D eigenvalue weighted by Crippen LogP contribution is -2.27. The van der Waals surface area contributed by atoms with Crippen LogP contribution in [0, 0.1) is 10.1 Å². The van der Waals surface area contributed by atoms with Gasteiger partial charge in [-0.05, 0) is 17.2 Å². The second kappa shape index (κ2) is 12.1. The topological polar surface area (TPSA) is 158 Å². The zero-order valence-corrected chi connectivity index (χ0v) is 19.3. The number of nitrogens with zero attached hydrogens (tertiary/aromatic N) is 1. The van der Waals surface area contributed by atoms with Crippen molar-refractivity contribution in [2.45, 2.75) is 18.4 Å². The van der Waals surface area contributed by atoms with Crippen LogP contribution in [0.5, 0.6) is 5.75 Å². The van der Waals surface area contributed by atoms with Crippen molar-refractivity contribution in [2.24, 2.45) is 0 Å². The number of methoxy groups -OCH3 is 4. The molecule has 2 aromatic rings. The highest BCUT2D eigenvalue weighted by Gasteiger charge is 2.42. The molecule has 186 valence electrons. The van der Waals surface area contributed by atoms with Gasteiger partial charge in [-0.2, -0.15) is 0 Å². The summed E-state index contributed by atoms with van der Waals surface area (Å²) in [7, 11) is 4.04. The van der Waals surface area contributed by atoms with Gasteiger partial charge in [-0.15, -0.1) is 0 Å². The van der Waals surface area contributed by atoms with Crippen molar-refractivity contribution in [3.05, 3.63) is 69.3 Å². The molecule has 0 fully saturated rings. The number of hydrogen-bond acceptors (Lipinski definition) is 11. The van der Waals surface area contributed by atoms with E-state index in [1.807, 2.05) is 0 Å². The minimum Gasteiger partial charge on any atom is -0.488 e. The summed E-state index contributed by atoms with van der Waals surface area (Å²) in [6, 6.07) is 10.6. The van der Waals surface area contributed by atoms with Crippen LogP contribution >= 0.6 is 0 Å². The second-order valence-electron chi connectivity index (χ2n) is 6.94. The minimum atomic E-state index is -1.89. The predicted octanol–water partition coefficient (Wildman–Crippen LogP) is 2.03. The molecule has 0 radical (unpaired) electrons. The first-order valence-corrected chi connectivity index (χ1v) is 10.00. The Bertz CT molecular complexity index is 1080. The van der Waals surface area contributed by atoms with Gasteiger partial charge in [0.2, 0.25) is 0 Å². The first kappa shape index (κ1) is 26.8. The van der Waals surface area contributed by atoms with Gasteiger partial charge >= 0.3 is 23.9 Å². The lowest BCUT2D eigenvalue weighted by atomic mass is 9.90. The average Bonchev–Trinajstić information content (AvgIpc) is 2.87. The molecule has 0 atom stereocenters. The van der Waals surface area contributed by atoms with E-state index in [1.54, 1.807) is 30.3 Å². The van der Waals surface area contributed by atoms with Gasteiger partial charge in [0.1, 0.15) is 12.4 Å². The minimum absolute atomic E-state index is 0.134. The lowest BCUT2D eigenvalue weighted by molar-refractivity contribution is -0.385. The smallest absolute Gasteiger partial charge is 0.325 e. The van der Waals surface area contributed by atoms with Crippen molar-refractivity contribution in [3.8, 4) is 5.75 Å². The highest BCUT2D eigenvalue weighted by atomic mass is 16.6. The summed E-state index contributed by atoms with van der Waals surface area (Å²) >= 11 is 0. The quantitative estimate of drug-likeness (QED) is 0.158. The molecule has 0 saturated carbocycles. The van der Waals surface area contributed by atoms with Gasteiger partial charge in [-0.25, -0.2) is 0 Å². The Morgan fingerprint density at radius 3 is 1.74 bits per heavy atom. The summed E-state index contributed by atoms with van der Waals surface area (Å²) in [5.41, 5.74) is -0.821. The van der Waals surface area contributed by atoms with E-state index >= 15 is 0 Å². The molecule has 0 aliphatic carbocycles. The van der Waals surface area contributed by atoms with Crippen LogP contribution in [0.15, 0.2) is 42.5 Å². The molecule has 12 heteroatoms. The van der Waals surface area contributed by atoms with E-state index in [9.17, 15) is 29.3 Å². The zero-order chi connectivity index (χ0) is 26.1.